The van der Waals surface area contributed by atoms with Crippen molar-refractivity contribution in [1.29, 1.82) is 0 Å². The van der Waals surface area contributed by atoms with Crippen molar-refractivity contribution in [3.8, 4) is 0 Å². The van der Waals surface area contributed by atoms with Crippen LogP contribution in [0.1, 0.15) is 40.0 Å². The average Bonchev–Trinajstić information content (AvgIpc) is 2.58. The van der Waals surface area contributed by atoms with Crippen LogP contribution in [0.25, 0.3) is 0 Å². The number of hydrogen-bond donors (Lipinski definition) is 0. The predicted molar refractivity (Wildman–Crippen MR) is 65.6 cm³/mol. The highest BCUT2D eigenvalue weighted by Gasteiger charge is 2.24. The summed E-state index contributed by atoms with van der Waals surface area (Å²) in [5.74, 6) is 0.755. The summed E-state index contributed by atoms with van der Waals surface area (Å²) < 4.78 is 5.85. The van der Waals surface area contributed by atoms with Crippen molar-refractivity contribution in [2.75, 3.05) is 19.0 Å². The fourth-order valence-electron chi connectivity index (χ4n) is 2.10. The first-order valence-electron chi connectivity index (χ1n) is 6.09. The van der Waals surface area contributed by atoms with E-state index in [1.54, 1.807) is 0 Å². The molecular formula is C12H24ClNO. The molecule has 0 aromatic carbocycles. The van der Waals surface area contributed by atoms with Crippen LogP contribution >= 0.6 is 11.6 Å². The van der Waals surface area contributed by atoms with E-state index in [2.05, 4.69) is 25.7 Å². The summed E-state index contributed by atoms with van der Waals surface area (Å²) >= 11 is 5.73. The SMILES string of the molecule is CC1CCC(CN(CCCCl)C(C)C)O1. The molecule has 2 nitrogen and oxygen atoms in total. The van der Waals surface area contributed by atoms with E-state index >= 15 is 0 Å². The third-order valence-electron chi connectivity index (χ3n) is 3.07. The van der Waals surface area contributed by atoms with Gasteiger partial charge in [0.05, 0.1) is 12.2 Å². The molecule has 1 rings (SSSR count). The molecule has 0 aromatic rings. The monoisotopic (exact) mass is 233 g/mol. The lowest BCUT2D eigenvalue weighted by atomic mass is 10.2. The van der Waals surface area contributed by atoms with Crippen LogP contribution in [0.5, 0.6) is 0 Å². The third-order valence-corrected chi connectivity index (χ3v) is 3.33. The maximum absolute atomic E-state index is 5.85. The zero-order valence-electron chi connectivity index (χ0n) is 10.2. The van der Waals surface area contributed by atoms with Gasteiger partial charge >= 0.3 is 0 Å². The predicted octanol–water partition coefficient (Wildman–Crippen LogP) is 2.89. The van der Waals surface area contributed by atoms with E-state index in [0.717, 1.165) is 25.4 Å². The molecule has 15 heavy (non-hydrogen) atoms. The Morgan fingerprint density at radius 2 is 2.13 bits per heavy atom. The molecule has 3 heteroatoms. The van der Waals surface area contributed by atoms with Gasteiger partial charge < -0.3 is 4.74 Å². The van der Waals surface area contributed by atoms with Crippen LogP contribution in [0.15, 0.2) is 0 Å². The molecule has 2 atom stereocenters. The Morgan fingerprint density at radius 1 is 1.40 bits per heavy atom. The molecular weight excluding hydrogens is 210 g/mol. The molecule has 1 aliphatic rings. The van der Waals surface area contributed by atoms with Gasteiger partial charge in [0.25, 0.3) is 0 Å². The first kappa shape index (κ1) is 13.3. The first-order chi connectivity index (χ1) is 7.13. The lowest BCUT2D eigenvalue weighted by Gasteiger charge is -2.28. The van der Waals surface area contributed by atoms with Gasteiger partial charge in [0.1, 0.15) is 0 Å². The Morgan fingerprint density at radius 3 is 2.60 bits per heavy atom. The van der Waals surface area contributed by atoms with Gasteiger partial charge in [-0.15, -0.1) is 11.6 Å². The number of hydrogen-bond acceptors (Lipinski definition) is 2. The minimum absolute atomic E-state index is 0.442. The van der Waals surface area contributed by atoms with E-state index in [0.29, 0.717) is 18.2 Å². The van der Waals surface area contributed by atoms with Crippen LogP contribution in [0.2, 0.25) is 0 Å². The van der Waals surface area contributed by atoms with E-state index in [1.807, 2.05) is 0 Å². The van der Waals surface area contributed by atoms with Gasteiger partial charge in [-0.05, 0) is 46.6 Å². The molecule has 0 spiro atoms. The Balaban J connectivity index is 2.30. The van der Waals surface area contributed by atoms with Gasteiger partial charge in [0, 0.05) is 18.5 Å². The summed E-state index contributed by atoms with van der Waals surface area (Å²) in [5.41, 5.74) is 0. The van der Waals surface area contributed by atoms with Gasteiger partial charge in [-0.2, -0.15) is 0 Å². The van der Waals surface area contributed by atoms with Gasteiger partial charge in [0.2, 0.25) is 0 Å². The van der Waals surface area contributed by atoms with E-state index in [9.17, 15) is 0 Å². The van der Waals surface area contributed by atoms with Crippen molar-refractivity contribution in [2.24, 2.45) is 0 Å². The molecule has 1 heterocycles. The van der Waals surface area contributed by atoms with Crippen molar-refractivity contribution in [1.82, 2.24) is 4.90 Å². The van der Waals surface area contributed by atoms with Gasteiger partial charge in [0.15, 0.2) is 0 Å². The van der Waals surface area contributed by atoms with Gasteiger partial charge in [-0.25, -0.2) is 0 Å². The molecule has 0 radical (unpaired) electrons. The highest BCUT2D eigenvalue weighted by molar-refractivity contribution is 6.17. The molecule has 0 aromatic heterocycles. The Kier molecular flexibility index (Phi) is 5.95. The lowest BCUT2D eigenvalue weighted by molar-refractivity contribution is 0.0248. The summed E-state index contributed by atoms with van der Waals surface area (Å²) in [4.78, 5) is 2.48. The third kappa shape index (κ3) is 4.71. The fraction of sp³-hybridized carbons (Fsp3) is 1.00. The van der Waals surface area contributed by atoms with Gasteiger partial charge in [-0.3, -0.25) is 4.90 Å². The second kappa shape index (κ2) is 6.72. The molecule has 0 bridgehead atoms. The number of rotatable bonds is 6. The molecule has 0 N–H and O–H groups in total. The van der Waals surface area contributed by atoms with E-state index in [-0.39, 0.29) is 0 Å². The largest absolute Gasteiger partial charge is 0.374 e. The summed E-state index contributed by atoms with van der Waals surface area (Å²) in [6.07, 6.45) is 4.40. The quantitative estimate of drug-likeness (QED) is 0.655. The van der Waals surface area contributed by atoms with Crippen molar-refractivity contribution in [3.05, 3.63) is 0 Å². The van der Waals surface area contributed by atoms with Crippen LogP contribution in [-0.2, 0) is 4.74 Å². The summed E-state index contributed by atoms with van der Waals surface area (Å²) in [7, 11) is 0. The van der Waals surface area contributed by atoms with Gasteiger partial charge in [-0.1, -0.05) is 0 Å². The number of ether oxygens (including phenoxy) is 1. The molecule has 1 fully saturated rings. The summed E-state index contributed by atoms with van der Waals surface area (Å²) in [5, 5.41) is 0. The second-order valence-corrected chi connectivity index (χ2v) is 5.16. The van der Waals surface area contributed by atoms with E-state index < -0.39 is 0 Å². The molecule has 90 valence electrons. The molecule has 0 aliphatic carbocycles. The molecule has 0 saturated carbocycles. The zero-order chi connectivity index (χ0) is 11.3. The summed E-state index contributed by atoms with van der Waals surface area (Å²) in [6, 6.07) is 0.590. The Bertz CT molecular complexity index is 175. The van der Waals surface area contributed by atoms with E-state index in [4.69, 9.17) is 16.3 Å². The minimum atomic E-state index is 0.442. The molecule has 0 amide bonds. The maximum Gasteiger partial charge on any atom is 0.0706 e. The van der Waals surface area contributed by atoms with Crippen LogP contribution in [0.3, 0.4) is 0 Å². The van der Waals surface area contributed by atoms with Crippen molar-refractivity contribution < 1.29 is 4.74 Å². The highest BCUT2D eigenvalue weighted by Crippen LogP contribution is 2.20. The second-order valence-electron chi connectivity index (χ2n) is 4.78. The first-order valence-corrected chi connectivity index (χ1v) is 6.62. The Hall–Kier alpha value is 0.210. The normalized spacial score (nSPS) is 26.8. The molecule has 1 aliphatic heterocycles. The lowest BCUT2D eigenvalue weighted by Crippen LogP contribution is -2.38. The highest BCUT2D eigenvalue weighted by atomic mass is 35.5. The average molecular weight is 234 g/mol. The van der Waals surface area contributed by atoms with E-state index in [1.165, 1.54) is 12.8 Å². The van der Waals surface area contributed by atoms with Crippen molar-refractivity contribution >= 4 is 11.6 Å². The van der Waals surface area contributed by atoms with Crippen LogP contribution < -0.4 is 0 Å². The minimum Gasteiger partial charge on any atom is -0.374 e. The number of alkyl halides is 1. The van der Waals surface area contributed by atoms with Crippen LogP contribution in [-0.4, -0.2) is 42.1 Å². The summed E-state index contributed by atoms with van der Waals surface area (Å²) in [6.45, 7) is 8.81. The topological polar surface area (TPSA) is 12.5 Å². The standard InChI is InChI=1S/C12H24ClNO/c1-10(2)14(8-4-7-13)9-12-6-5-11(3)15-12/h10-12H,4-9H2,1-3H3. The zero-order valence-corrected chi connectivity index (χ0v) is 11.0. The van der Waals surface area contributed by atoms with Crippen molar-refractivity contribution in [3.63, 3.8) is 0 Å². The molecule has 1 saturated heterocycles. The van der Waals surface area contributed by atoms with Crippen LogP contribution in [0, 0.1) is 0 Å². The maximum atomic E-state index is 5.85. The molecule has 2 unspecified atom stereocenters. The fourth-order valence-corrected chi connectivity index (χ4v) is 2.22. The smallest absolute Gasteiger partial charge is 0.0706 e. The van der Waals surface area contributed by atoms with Crippen LogP contribution in [0.4, 0.5) is 0 Å². The number of nitrogens with zero attached hydrogens (tertiary/aromatic N) is 1. The van der Waals surface area contributed by atoms with Crippen molar-refractivity contribution in [2.45, 2.75) is 58.3 Å². The number of halogens is 1. The Labute approximate surface area is 98.9 Å².